The zero-order valence-corrected chi connectivity index (χ0v) is 43.7. The maximum Gasteiger partial charge on any atom is 0.306 e. The lowest BCUT2D eigenvalue weighted by Crippen LogP contribution is -2.30. The van der Waals surface area contributed by atoms with E-state index < -0.39 is 6.10 Å². The van der Waals surface area contributed by atoms with Crippen LogP contribution >= 0.6 is 0 Å². The SMILES string of the molecule is CC/C=C\C/C=C\C/C=C\C/C=C\CCCCCCCCCCC(=O)OCC(COC(=O)CCCCCCCC)OC(=O)CCCCCCCCCCC/C=C\CCCCCCCCCC. The quantitative estimate of drug-likeness (QED) is 0.0262. The van der Waals surface area contributed by atoms with Gasteiger partial charge >= 0.3 is 17.9 Å². The van der Waals surface area contributed by atoms with Gasteiger partial charge in [0.1, 0.15) is 13.2 Å². The Balaban J connectivity index is 4.16. The molecule has 0 aliphatic carbocycles. The molecule has 0 rings (SSSR count). The molecule has 66 heavy (non-hydrogen) atoms. The summed E-state index contributed by atoms with van der Waals surface area (Å²) in [6.45, 7) is 6.48. The van der Waals surface area contributed by atoms with E-state index in [1.165, 1.54) is 154 Å². The summed E-state index contributed by atoms with van der Waals surface area (Å²) in [6.07, 6.45) is 68.1. The second-order valence-corrected chi connectivity index (χ2v) is 18.8. The number of rotatable bonds is 51. The minimum Gasteiger partial charge on any atom is -0.462 e. The molecule has 0 fully saturated rings. The van der Waals surface area contributed by atoms with Gasteiger partial charge in [-0.05, 0) is 83.5 Å². The molecular formula is C60H106O6. The fourth-order valence-corrected chi connectivity index (χ4v) is 8.02. The van der Waals surface area contributed by atoms with Gasteiger partial charge in [-0.2, -0.15) is 0 Å². The van der Waals surface area contributed by atoms with Crippen LogP contribution in [0.1, 0.15) is 284 Å². The average Bonchev–Trinajstić information content (AvgIpc) is 3.31. The Kier molecular flexibility index (Phi) is 52.3. The number of allylic oxidation sites excluding steroid dienone is 10. The van der Waals surface area contributed by atoms with Crippen molar-refractivity contribution in [2.24, 2.45) is 0 Å². The molecular weight excluding hydrogens is 817 g/mol. The number of hydrogen-bond acceptors (Lipinski definition) is 6. The number of carbonyl (C=O) groups excluding carboxylic acids is 3. The molecule has 6 heteroatoms. The molecule has 0 spiro atoms. The van der Waals surface area contributed by atoms with Crippen LogP contribution in [-0.2, 0) is 28.6 Å². The molecule has 0 amide bonds. The molecule has 0 heterocycles. The van der Waals surface area contributed by atoms with Crippen LogP contribution in [0.4, 0.5) is 0 Å². The van der Waals surface area contributed by atoms with Crippen LogP contribution in [0, 0.1) is 0 Å². The highest BCUT2D eigenvalue weighted by Gasteiger charge is 2.19. The second kappa shape index (κ2) is 54.7. The Hall–Kier alpha value is -2.89. The highest BCUT2D eigenvalue weighted by atomic mass is 16.6. The van der Waals surface area contributed by atoms with Crippen molar-refractivity contribution in [3.8, 4) is 0 Å². The van der Waals surface area contributed by atoms with E-state index in [4.69, 9.17) is 14.2 Å². The first-order valence-corrected chi connectivity index (χ1v) is 28.3. The molecule has 0 aliphatic rings. The van der Waals surface area contributed by atoms with Gasteiger partial charge in [-0.1, -0.05) is 242 Å². The zero-order chi connectivity index (χ0) is 47.9. The number of esters is 3. The summed E-state index contributed by atoms with van der Waals surface area (Å²) >= 11 is 0. The van der Waals surface area contributed by atoms with E-state index in [1.807, 2.05) is 0 Å². The normalized spacial score (nSPS) is 12.5. The van der Waals surface area contributed by atoms with Crippen molar-refractivity contribution in [2.75, 3.05) is 13.2 Å². The topological polar surface area (TPSA) is 78.9 Å². The second-order valence-electron chi connectivity index (χ2n) is 18.8. The molecule has 1 unspecified atom stereocenters. The van der Waals surface area contributed by atoms with E-state index in [9.17, 15) is 14.4 Å². The van der Waals surface area contributed by atoms with Crippen molar-refractivity contribution in [1.82, 2.24) is 0 Å². The van der Waals surface area contributed by atoms with Gasteiger partial charge in [0.15, 0.2) is 6.10 Å². The standard InChI is InChI=1S/C60H106O6/c1-4-7-10-13-16-18-20-22-24-26-28-30-32-34-36-38-40-42-44-47-50-53-59(62)65-56-57(55-64-58(61)52-49-46-15-12-9-6-3)66-60(63)54-51-48-45-43-41-39-37-35-33-31-29-27-25-23-21-19-17-14-11-8-5-2/h7,10,16,18,22,24,27-30,57H,4-6,8-9,11-15,17,19-21,23,25-26,31-56H2,1-3H3/b10-7-,18-16-,24-22-,29-27-,30-28-. The predicted octanol–water partition coefficient (Wildman–Crippen LogP) is 18.8. The van der Waals surface area contributed by atoms with Crippen molar-refractivity contribution in [3.05, 3.63) is 60.8 Å². The largest absolute Gasteiger partial charge is 0.462 e. The molecule has 0 aliphatic heterocycles. The smallest absolute Gasteiger partial charge is 0.306 e. The van der Waals surface area contributed by atoms with Gasteiger partial charge < -0.3 is 14.2 Å². The molecule has 6 nitrogen and oxygen atoms in total. The van der Waals surface area contributed by atoms with Gasteiger partial charge in [-0.25, -0.2) is 0 Å². The van der Waals surface area contributed by atoms with Crippen LogP contribution in [0.15, 0.2) is 60.8 Å². The van der Waals surface area contributed by atoms with Gasteiger partial charge in [-0.3, -0.25) is 14.4 Å². The monoisotopic (exact) mass is 923 g/mol. The first-order valence-electron chi connectivity index (χ1n) is 28.3. The van der Waals surface area contributed by atoms with Crippen molar-refractivity contribution >= 4 is 17.9 Å². The zero-order valence-electron chi connectivity index (χ0n) is 43.7. The Bertz CT molecular complexity index is 1200. The summed E-state index contributed by atoms with van der Waals surface area (Å²) < 4.78 is 16.8. The highest BCUT2D eigenvalue weighted by molar-refractivity contribution is 5.71. The van der Waals surface area contributed by atoms with Crippen LogP contribution in [-0.4, -0.2) is 37.2 Å². The molecule has 0 aromatic carbocycles. The van der Waals surface area contributed by atoms with Crippen molar-refractivity contribution in [1.29, 1.82) is 0 Å². The van der Waals surface area contributed by atoms with Gasteiger partial charge in [0.2, 0.25) is 0 Å². The number of carbonyl (C=O) groups is 3. The van der Waals surface area contributed by atoms with Gasteiger partial charge in [0.25, 0.3) is 0 Å². The van der Waals surface area contributed by atoms with Crippen LogP contribution in [0.5, 0.6) is 0 Å². The van der Waals surface area contributed by atoms with Crippen LogP contribution in [0.2, 0.25) is 0 Å². The molecule has 0 N–H and O–H groups in total. The van der Waals surface area contributed by atoms with Gasteiger partial charge in [0.05, 0.1) is 0 Å². The molecule has 0 radical (unpaired) electrons. The Morgan fingerprint density at radius 2 is 0.591 bits per heavy atom. The summed E-state index contributed by atoms with van der Waals surface area (Å²) in [6, 6.07) is 0. The fraction of sp³-hybridized carbons (Fsp3) is 0.783. The van der Waals surface area contributed by atoms with E-state index in [-0.39, 0.29) is 31.1 Å². The third kappa shape index (κ3) is 52.1. The van der Waals surface area contributed by atoms with E-state index in [2.05, 4.69) is 81.5 Å². The summed E-state index contributed by atoms with van der Waals surface area (Å²) in [4.78, 5) is 37.9. The molecule has 382 valence electrons. The highest BCUT2D eigenvalue weighted by Crippen LogP contribution is 2.15. The molecule has 1 atom stereocenters. The maximum absolute atomic E-state index is 12.8. The lowest BCUT2D eigenvalue weighted by atomic mass is 10.1. The average molecular weight is 924 g/mol. The first kappa shape index (κ1) is 63.1. The molecule has 0 aromatic rings. The van der Waals surface area contributed by atoms with E-state index in [0.717, 1.165) is 89.9 Å². The Morgan fingerprint density at radius 3 is 0.939 bits per heavy atom. The Morgan fingerprint density at radius 1 is 0.318 bits per heavy atom. The van der Waals surface area contributed by atoms with Crippen molar-refractivity contribution in [2.45, 2.75) is 290 Å². The third-order valence-electron chi connectivity index (χ3n) is 12.3. The number of ether oxygens (including phenoxy) is 3. The maximum atomic E-state index is 12.8. The third-order valence-corrected chi connectivity index (χ3v) is 12.3. The summed E-state index contributed by atoms with van der Waals surface area (Å²) in [5.74, 6) is -0.888. The van der Waals surface area contributed by atoms with Gasteiger partial charge in [-0.15, -0.1) is 0 Å². The van der Waals surface area contributed by atoms with E-state index in [1.54, 1.807) is 0 Å². The molecule has 0 bridgehead atoms. The molecule has 0 aromatic heterocycles. The lowest BCUT2D eigenvalue weighted by Gasteiger charge is -2.18. The summed E-state index contributed by atoms with van der Waals surface area (Å²) in [5, 5.41) is 0. The number of unbranched alkanes of at least 4 members (excludes halogenated alkanes) is 30. The predicted molar refractivity (Wildman–Crippen MR) is 284 cm³/mol. The summed E-state index contributed by atoms with van der Waals surface area (Å²) in [5.41, 5.74) is 0. The van der Waals surface area contributed by atoms with E-state index in [0.29, 0.717) is 19.3 Å². The van der Waals surface area contributed by atoms with E-state index >= 15 is 0 Å². The minimum absolute atomic E-state index is 0.0767. The first-order chi connectivity index (χ1) is 32.5. The summed E-state index contributed by atoms with van der Waals surface area (Å²) in [7, 11) is 0. The van der Waals surface area contributed by atoms with Crippen molar-refractivity contribution < 1.29 is 28.6 Å². The molecule has 0 saturated carbocycles. The van der Waals surface area contributed by atoms with Crippen molar-refractivity contribution in [3.63, 3.8) is 0 Å². The Labute approximate surface area is 409 Å². The van der Waals surface area contributed by atoms with Crippen LogP contribution in [0.25, 0.3) is 0 Å². The van der Waals surface area contributed by atoms with Crippen LogP contribution in [0.3, 0.4) is 0 Å². The molecule has 0 saturated heterocycles. The minimum atomic E-state index is -0.775. The lowest BCUT2D eigenvalue weighted by molar-refractivity contribution is -0.167. The van der Waals surface area contributed by atoms with Crippen LogP contribution < -0.4 is 0 Å². The van der Waals surface area contributed by atoms with Gasteiger partial charge in [0, 0.05) is 19.3 Å². The fourth-order valence-electron chi connectivity index (χ4n) is 8.02. The number of hydrogen-bond donors (Lipinski definition) is 0.